The first-order chi connectivity index (χ1) is 12.3. The van der Waals surface area contributed by atoms with E-state index in [1.807, 2.05) is 11.4 Å². The second kappa shape index (κ2) is 5.97. The van der Waals surface area contributed by atoms with Gasteiger partial charge >= 0.3 is 5.63 Å². The highest BCUT2D eigenvalue weighted by molar-refractivity contribution is 7.98. The number of thioether (sulfide) groups is 1. The Balaban J connectivity index is 1.56. The largest absolute Gasteiger partial charge is 0.423 e. The van der Waals surface area contributed by atoms with Gasteiger partial charge in [0.2, 0.25) is 0 Å². The fraction of sp³-hybridized carbons (Fsp3) is 0.211. The third-order valence-corrected chi connectivity index (χ3v) is 6.51. The lowest BCUT2D eigenvalue weighted by molar-refractivity contribution is 0.559. The fourth-order valence-electron chi connectivity index (χ4n) is 3.44. The molecule has 0 spiro atoms. The minimum Gasteiger partial charge on any atom is -0.423 e. The summed E-state index contributed by atoms with van der Waals surface area (Å²) >= 11 is 3.25. The van der Waals surface area contributed by atoms with E-state index in [4.69, 9.17) is 4.42 Å². The smallest absolute Gasteiger partial charge is 0.336 e. The van der Waals surface area contributed by atoms with Gasteiger partial charge in [0.15, 0.2) is 0 Å². The van der Waals surface area contributed by atoms with Gasteiger partial charge in [0.1, 0.15) is 21.8 Å². The van der Waals surface area contributed by atoms with E-state index in [1.54, 1.807) is 35.5 Å². The summed E-state index contributed by atoms with van der Waals surface area (Å²) in [4.78, 5) is 21.7. The van der Waals surface area contributed by atoms with Crippen molar-refractivity contribution in [3.8, 4) is 0 Å². The summed E-state index contributed by atoms with van der Waals surface area (Å²) in [7, 11) is 0. The molecule has 0 atom stereocenters. The van der Waals surface area contributed by atoms with Crippen LogP contribution in [0.15, 0.2) is 50.2 Å². The first-order valence-electron chi connectivity index (χ1n) is 8.17. The summed E-state index contributed by atoms with van der Waals surface area (Å²) in [6.45, 7) is 0. The Morgan fingerprint density at radius 3 is 2.92 bits per heavy atom. The molecule has 4 aromatic rings. The van der Waals surface area contributed by atoms with E-state index in [9.17, 15) is 4.79 Å². The third kappa shape index (κ3) is 2.65. The molecule has 0 saturated heterocycles. The topological polar surface area (TPSA) is 56.0 Å². The van der Waals surface area contributed by atoms with Crippen LogP contribution in [0.5, 0.6) is 0 Å². The molecule has 0 N–H and O–H groups in total. The fourth-order valence-corrected chi connectivity index (χ4v) is 5.21. The molecule has 3 aromatic heterocycles. The zero-order chi connectivity index (χ0) is 16.8. The zero-order valence-corrected chi connectivity index (χ0v) is 15.0. The molecule has 4 nitrogen and oxygen atoms in total. The second-order valence-electron chi connectivity index (χ2n) is 6.17. The first kappa shape index (κ1) is 15.1. The maximum atomic E-state index is 12.0. The molecule has 0 aliphatic heterocycles. The Kier molecular flexibility index (Phi) is 3.60. The number of aryl methyl sites for hydroxylation is 2. The maximum absolute atomic E-state index is 12.0. The molecule has 0 fully saturated rings. The maximum Gasteiger partial charge on any atom is 0.336 e. The predicted octanol–water partition coefficient (Wildman–Crippen LogP) is 4.58. The molecule has 25 heavy (non-hydrogen) atoms. The van der Waals surface area contributed by atoms with E-state index >= 15 is 0 Å². The van der Waals surface area contributed by atoms with Crippen molar-refractivity contribution in [1.29, 1.82) is 0 Å². The van der Waals surface area contributed by atoms with Gasteiger partial charge in [-0.15, -0.1) is 23.1 Å². The molecule has 0 unspecified atom stereocenters. The van der Waals surface area contributed by atoms with Gasteiger partial charge in [-0.1, -0.05) is 0 Å². The first-order valence-corrected chi connectivity index (χ1v) is 10.0. The van der Waals surface area contributed by atoms with Crippen molar-refractivity contribution in [2.24, 2.45) is 0 Å². The van der Waals surface area contributed by atoms with Gasteiger partial charge in [0.05, 0.1) is 0 Å². The van der Waals surface area contributed by atoms with Gasteiger partial charge in [-0.2, -0.15) is 0 Å². The van der Waals surface area contributed by atoms with Crippen LogP contribution in [-0.4, -0.2) is 9.97 Å². The van der Waals surface area contributed by atoms with E-state index in [0.717, 1.165) is 39.0 Å². The van der Waals surface area contributed by atoms with Gasteiger partial charge in [0, 0.05) is 22.6 Å². The van der Waals surface area contributed by atoms with E-state index in [2.05, 4.69) is 22.1 Å². The van der Waals surface area contributed by atoms with E-state index in [-0.39, 0.29) is 5.63 Å². The highest BCUT2D eigenvalue weighted by atomic mass is 32.2. The van der Waals surface area contributed by atoms with Crippen molar-refractivity contribution < 1.29 is 4.42 Å². The summed E-state index contributed by atoms with van der Waals surface area (Å²) in [6.07, 6.45) is 4.96. The lowest BCUT2D eigenvalue weighted by atomic mass is 10.0. The average molecular weight is 366 g/mol. The standard InChI is InChI=1S/C19H14N2O2S2/c22-17-8-13(9-25-19-14-4-5-24-18(14)20-10-21-19)15-6-11-2-1-3-12(11)7-16(15)23-17/h4-8,10H,1-3,9H2. The summed E-state index contributed by atoms with van der Waals surface area (Å²) in [5.41, 5.74) is 4.12. The number of benzene rings is 1. The van der Waals surface area contributed by atoms with Crippen LogP contribution in [-0.2, 0) is 18.6 Å². The van der Waals surface area contributed by atoms with E-state index in [0.29, 0.717) is 11.3 Å². The second-order valence-corrected chi connectivity index (χ2v) is 8.03. The summed E-state index contributed by atoms with van der Waals surface area (Å²) in [5, 5.41) is 5.10. The SMILES string of the molecule is O=c1cc(CSc2ncnc3sccc23)c2cc3c(cc2o1)CCC3. The van der Waals surface area contributed by atoms with Crippen LogP contribution in [0.25, 0.3) is 21.2 Å². The Hall–Kier alpha value is -2.18. The molecule has 0 amide bonds. The normalized spacial score (nSPS) is 13.6. The van der Waals surface area contributed by atoms with E-state index in [1.165, 1.54) is 17.5 Å². The van der Waals surface area contributed by atoms with Crippen molar-refractivity contribution in [1.82, 2.24) is 9.97 Å². The summed E-state index contributed by atoms with van der Waals surface area (Å²) < 4.78 is 5.45. The Morgan fingerprint density at radius 2 is 2.00 bits per heavy atom. The molecule has 1 aliphatic carbocycles. The van der Waals surface area contributed by atoms with Crippen LogP contribution in [0, 0.1) is 0 Å². The molecule has 1 aliphatic rings. The van der Waals surface area contributed by atoms with Gasteiger partial charge in [-0.25, -0.2) is 14.8 Å². The summed E-state index contributed by atoms with van der Waals surface area (Å²) in [6, 6.07) is 7.92. The van der Waals surface area contributed by atoms with Crippen LogP contribution in [0.4, 0.5) is 0 Å². The molecule has 6 heteroatoms. The summed E-state index contributed by atoms with van der Waals surface area (Å²) in [5.74, 6) is 0.683. The highest BCUT2D eigenvalue weighted by Gasteiger charge is 2.15. The predicted molar refractivity (Wildman–Crippen MR) is 101 cm³/mol. The monoisotopic (exact) mass is 366 g/mol. The average Bonchev–Trinajstić information content (AvgIpc) is 3.26. The Morgan fingerprint density at radius 1 is 1.12 bits per heavy atom. The number of hydrogen-bond donors (Lipinski definition) is 0. The van der Waals surface area contributed by atoms with E-state index < -0.39 is 0 Å². The van der Waals surface area contributed by atoms with Crippen molar-refractivity contribution >= 4 is 44.3 Å². The van der Waals surface area contributed by atoms with Gasteiger partial charge in [0.25, 0.3) is 0 Å². The Bertz CT molecular complexity index is 1160. The van der Waals surface area contributed by atoms with Crippen molar-refractivity contribution in [3.63, 3.8) is 0 Å². The minimum absolute atomic E-state index is 0.288. The lowest BCUT2D eigenvalue weighted by Crippen LogP contribution is -2.01. The minimum atomic E-state index is -0.288. The quantitative estimate of drug-likeness (QED) is 0.302. The van der Waals surface area contributed by atoms with Crippen molar-refractivity contribution in [2.75, 3.05) is 0 Å². The van der Waals surface area contributed by atoms with Gasteiger partial charge in [-0.3, -0.25) is 0 Å². The lowest BCUT2D eigenvalue weighted by Gasteiger charge is -2.08. The van der Waals surface area contributed by atoms with Crippen LogP contribution in [0.2, 0.25) is 0 Å². The molecule has 0 saturated carbocycles. The molecule has 124 valence electrons. The van der Waals surface area contributed by atoms with Crippen molar-refractivity contribution in [3.05, 3.63) is 63.1 Å². The van der Waals surface area contributed by atoms with Gasteiger partial charge < -0.3 is 4.42 Å². The Labute approximate surface area is 151 Å². The molecule has 5 rings (SSSR count). The number of nitrogens with zero attached hydrogens (tertiary/aromatic N) is 2. The number of fused-ring (bicyclic) bond motifs is 3. The third-order valence-electron chi connectivity index (χ3n) is 4.63. The van der Waals surface area contributed by atoms with Crippen LogP contribution >= 0.6 is 23.1 Å². The number of thiophene rings is 1. The highest BCUT2D eigenvalue weighted by Crippen LogP contribution is 2.33. The van der Waals surface area contributed by atoms with Crippen LogP contribution < -0.4 is 5.63 Å². The molecule has 0 bridgehead atoms. The molecule has 0 radical (unpaired) electrons. The zero-order valence-electron chi connectivity index (χ0n) is 13.3. The number of aromatic nitrogens is 2. The number of hydrogen-bond acceptors (Lipinski definition) is 6. The molecule has 1 aromatic carbocycles. The van der Waals surface area contributed by atoms with Crippen LogP contribution in [0.3, 0.4) is 0 Å². The molecule has 3 heterocycles. The van der Waals surface area contributed by atoms with Crippen molar-refractivity contribution in [2.45, 2.75) is 30.0 Å². The number of rotatable bonds is 3. The van der Waals surface area contributed by atoms with Gasteiger partial charge in [-0.05, 0) is 59.5 Å². The van der Waals surface area contributed by atoms with Crippen LogP contribution in [0.1, 0.15) is 23.1 Å². The molecular weight excluding hydrogens is 352 g/mol. The molecular formula is C19H14N2O2S2.